The molecule has 132 valence electrons. The lowest BCUT2D eigenvalue weighted by atomic mass is 10.0. The van der Waals surface area contributed by atoms with Crippen LogP contribution in [0.1, 0.15) is 18.4 Å². The van der Waals surface area contributed by atoms with Gasteiger partial charge in [-0.1, -0.05) is 12.1 Å². The summed E-state index contributed by atoms with van der Waals surface area (Å²) in [6.07, 6.45) is 2.25. The molecule has 0 spiro atoms. The summed E-state index contributed by atoms with van der Waals surface area (Å²) in [5.74, 6) is -0.328. The first-order valence-electron chi connectivity index (χ1n) is 8.62. The summed E-state index contributed by atoms with van der Waals surface area (Å²) in [7, 11) is 0. The van der Waals surface area contributed by atoms with Gasteiger partial charge in [-0.3, -0.25) is 9.69 Å². The fourth-order valence-electron chi connectivity index (χ4n) is 3.65. The van der Waals surface area contributed by atoms with Crippen molar-refractivity contribution in [1.82, 2.24) is 10.2 Å². The van der Waals surface area contributed by atoms with Crippen LogP contribution in [0.25, 0.3) is 0 Å². The summed E-state index contributed by atoms with van der Waals surface area (Å²) in [5.41, 5.74) is 0.786. The molecule has 0 aromatic heterocycles. The number of benzene rings is 1. The minimum Gasteiger partial charge on any atom is -0.396 e. The first-order valence-corrected chi connectivity index (χ1v) is 8.62. The summed E-state index contributed by atoms with van der Waals surface area (Å²) in [5, 5.41) is 12.7. The Bertz CT molecular complexity index is 546. The average molecular weight is 336 g/mol. The summed E-state index contributed by atoms with van der Waals surface area (Å²) < 4.78 is 18.3. The number of amides is 1. The van der Waals surface area contributed by atoms with Crippen molar-refractivity contribution < 1.29 is 19.0 Å². The molecule has 0 saturated carbocycles. The number of rotatable bonds is 5. The lowest BCUT2D eigenvalue weighted by Gasteiger charge is -2.31. The number of likely N-dealkylation sites (tertiary alicyclic amines) is 1. The number of aliphatic hydroxyl groups excluding tert-OH is 1. The number of ether oxygens (including phenoxy) is 1. The number of carbonyl (C=O) groups is 1. The van der Waals surface area contributed by atoms with Crippen LogP contribution in [0.15, 0.2) is 24.3 Å². The molecule has 1 aromatic rings. The van der Waals surface area contributed by atoms with Crippen LogP contribution in [0.2, 0.25) is 0 Å². The zero-order valence-corrected chi connectivity index (χ0v) is 13.8. The maximum Gasteiger partial charge on any atom is 0.224 e. The van der Waals surface area contributed by atoms with Crippen LogP contribution in [0, 0.1) is 11.7 Å². The second kappa shape index (κ2) is 8.05. The number of nitrogens with zero attached hydrogens (tertiary/aromatic N) is 1. The molecule has 1 aromatic carbocycles. The molecule has 6 heteroatoms. The van der Waals surface area contributed by atoms with Gasteiger partial charge in [-0.25, -0.2) is 4.39 Å². The number of hydrogen-bond acceptors (Lipinski definition) is 4. The van der Waals surface area contributed by atoms with Gasteiger partial charge in [-0.2, -0.15) is 0 Å². The molecular formula is C18H25FN2O3. The molecule has 2 saturated heterocycles. The summed E-state index contributed by atoms with van der Waals surface area (Å²) in [6.45, 7) is 3.22. The topological polar surface area (TPSA) is 61.8 Å². The third-order valence-corrected chi connectivity index (χ3v) is 5.04. The van der Waals surface area contributed by atoms with E-state index in [1.165, 1.54) is 12.1 Å². The molecule has 3 rings (SSSR count). The Balaban J connectivity index is 1.54. The largest absolute Gasteiger partial charge is 0.396 e. The second-order valence-electron chi connectivity index (χ2n) is 6.72. The highest BCUT2D eigenvalue weighted by atomic mass is 19.1. The minimum atomic E-state index is -0.303. The third-order valence-electron chi connectivity index (χ3n) is 5.04. The molecule has 5 nitrogen and oxygen atoms in total. The van der Waals surface area contributed by atoms with Gasteiger partial charge in [-0.15, -0.1) is 0 Å². The van der Waals surface area contributed by atoms with Crippen molar-refractivity contribution in [2.24, 2.45) is 5.92 Å². The molecule has 2 aliphatic rings. The summed E-state index contributed by atoms with van der Waals surface area (Å²) >= 11 is 0. The molecule has 2 fully saturated rings. The zero-order valence-electron chi connectivity index (χ0n) is 13.8. The molecule has 2 aliphatic heterocycles. The highest BCUT2D eigenvalue weighted by molar-refractivity contribution is 5.78. The van der Waals surface area contributed by atoms with Gasteiger partial charge >= 0.3 is 0 Å². The predicted octanol–water partition coefficient (Wildman–Crippen LogP) is 0.956. The van der Waals surface area contributed by atoms with Crippen molar-refractivity contribution in [3.05, 3.63) is 35.6 Å². The molecule has 0 unspecified atom stereocenters. The smallest absolute Gasteiger partial charge is 0.224 e. The van der Waals surface area contributed by atoms with Gasteiger partial charge in [0.05, 0.1) is 6.42 Å². The monoisotopic (exact) mass is 336 g/mol. The molecule has 2 heterocycles. The maximum absolute atomic E-state index is 12.9. The van der Waals surface area contributed by atoms with E-state index in [9.17, 15) is 14.3 Å². The first-order chi connectivity index (χ1) is 11.7. The van der Waals surface area contributed by atoms with E-state index in [2.05, 4.69) is 10.2 Å². The first kappa shape index (κ1) is 17.3. The van der Waals surface area contributed by atoms with E-state index in [1.54, 1.807) is 12.1 Å². The quantitative estimate of drug-likeness (QED) is 0.841. The molecule has 0 bridgehead atoms. The lowest BCUT2D eigenvalue weighted by molar-refractivity contribution is -0.121. The van der Waals surface area contributed by atoms with Gasteiger partial charge in [0.25, 0.3) is 0 Å². The van der Waals surface area contributed by atoms with E-state index in [-0.39, 0.29) is 36.7 Å². The lowest BCUT2D eigenvalue weighted by Crippen LogP contribution is -2.43. The van der Waals surface area contributed by atoms with Crippen molar-refractivity contribution in [2.75, 3.05) is 32.9 Å². The number of halogens is 1. The third kappa shape index (κ3) is 4.32. The predicted molar refractivity (Wildman–Crippen MR) is 88.0 cm³/mol. The van der Waals surface area contributed by atoms with Crippen LogP contribution in [0.4, 0.5) is 4.39 Å². The van der Waals surface area contributed by atoms with Crippen molar-refractivity contribution in [3.63, 3.8) is 0 Å². The summed E-state index contributed by atoms with van der Waals surface area (Å²) in [6, 6.07) is 6.42. The van der Waals surface area contributed by atoms with Crippen molar-refractivity contribution in [2.45, 2.75) is 31.3 Å². The van der Waals surface area contributed by atoms with E-state index in [0.717, 1.165) is 44.7 Å². The Morgan fingerprint density at radius 3 is 2.62 bits per heavy atom. The Morgan fingerprint density at radius 2 is 1.96 bits per heavy atom. The van der Waals surface area contributed by atoms with Crippen LogP contribution >= 0.6 is 0 Å². The number of aliphatic hydroxyl groups is 1. The van der Waals surface area contributed by atoms with Crippen molar-refractivity contribution >= 4 is 5.91 Å². The van der Waals surface area contributed by atoms with Crippen LogP contribution in [0.3, 0.4) is 0 Å². The van der Waals surface area contributed by atoms with E-state index in [1.807, 2.05) is 0 Å². The zero-order chi connectivity index (χ0) is 16.9. The number of hydrogen-bond donors (Lipinski definition) is 2. The average Bonchev–Trinajstić information content (AvgIpc) is 3.00. The van der Waals surface area contributed by atoms with Crippen LogP contribution in [-0.4, -0.2) is 60.9 Å². The normalized spacial score (nSPS) is 25.8. The van der Waals surface area contributed by atoms with E-state index in [4.69, 9.17) is 4.74 Å². The fraction of sp³-hybridized carbons (Fsp3) is 0.611. The Morgan fingerprint density at radius 1 is 1.25 bits per heavy atom. The molecule has 2 N–H and O–H groups in total. The molecule has 0 aliphatic carbocycles. The Labute approximate surface area is 141 Å². The van der Waals surface area contributed by atoms with Gasteiger partial charge in [0, 0.05) is 50.9 Å². The maximum atomic E-state index is 12.9. The van der Waals surface area contributed by atoms with Gasteiger partial charge in [0.15, 0.2) is 0 Å². The standard InChI is InChI=1S/C18H25FN2O3/c19-15-3-1-13(2-4-15)9-18(23)20-17-11-21(10-14(17)12-22)16-5-7-24-8-6-16/h1-4,14,16-17,22H,5-12H2,(H,20,23)/t14-,17+/m0/s1. The SMILES string of the molecule is O=C(Cc1ccc(F)cc1)N[C@@H]1CN(C2CCOCC2)C[C@H]1CO. The molecule has 0 radical (unpaired) electrons. The molecular weight excluding hydrogens is 311 g/mol. The summed E-state index contributed by atoms with van der Waals surface area (Å²) in [4.78, 5) is 14.6. The van der Waals surface area contributed by atoms with Crippen LogP contribution < -0.4 is 5.32 Å². The van der Waals surface area contributed by atoms with Crippen molar-refractivity contribution in [1.29, 1.82) is 0 Å². The Hall–Kier alpha value is -1.50. The van der Waals surface area contributed by atoms with Crippen molar-refractivity contribution in [3.8, 4) is 0 Å². The minimum absolute atomic E-state index is 0.0363. The molecule has 24 heavy (non-hydrogen) atoms. The highest BCUT2D eigenvalue weighted by Crippen LogP contribution is 2.24. The van der Waals surface area contributed by atoms with Gasteiger partial charge in [0.1, 0.15) is 5.82 Å². The fourth-order valence-corrected chi connectivity index (χ4v) is 3.65. The number of nitrogens with one attached hydrogen (secondary N) is 1. The van der Waals surface area contributed by atoms with Gasteiger partial charge < -0.3 is 15.2 Å². The number of carbonyl (C=O) groups excluding carboxylic acids is 1. The second-order valence-corrected chi connectivity index (χ2v) is 6.72. The van der Waals surface area contributed by atoms with Crippen LogP contribution in [-0.2, 0) is 16.0 Å². The Kier molecular flexibility index (Phi) is 5.81. The van der Waals surface area contributed by atoms with E-state index < -0.39 is 0 Å². The molecule has 2 atom stereocenters. The molecule has 1 amide bonds. The van der Waals surface area contributed by atoms with Crippen LogP contribution in [0.5, 0.6) is 0 Å². The van der Waals surface area contributed by atoms with E-state index >= 15 is 0 Å². The van der Waals surface area contributed by atoms with E-state index in [0.29, 0.717) is 6.04 Å². The highest BCUT2D eigenvalue weighted by Gasteiger charge is 2.36. The van der Waals surface area contributed by atoms with Gasteiger partial charge in [-0.05, 0) is 30.5 Å². The van der Waals surface area contributed by atoms with Gasteiger partial charge in [0.2, 0.25) is 5.91 Å².